The molecule has 1 aliphatic rings. The van der Waals surface area contributed by atoms with Crippen molar-refractivity contribution >= 4 is 5.69 Å². The molecule has 0 unspecified atom stereocenters. The van der Waals surface area contributed by atoms with Gasteiger partial charge in [-0.2, -0.15) is 0 Å². The third kappa shape index (κ3) is 2.37. The van der Waals surface area contributed by atoms with Crippen LogP contribution >= 0.6 is 0 Å². The number of aliphatic hydroxyl groups excluding tert-OH is 1. The van der Waals surface area contributed by atoms with E-state index in [2.05, 4.69) is 5.32 Å². The number of nitrogens with one attached hydrogen (secondary N) is 1. The summed E-state index contributed by atoms with van der Waals surface area (Å²) < 4.78 is 0. The molecule has 0 saturated heterocycles. The normalized spacial score (nSPS) is 17.2. The van der Waals surface area contributed by atoms with Crippen molar-refractivity contribution in [3.05, 3.63) is 39.4 Å². The topological polar surface area (TPSA) is 75.4 Å². The first-order valence-corrected chi connectivity index (χ1v) is 6.17. The predicted octanol–water partition coefficient (Wildman–Crippen LogP) is 1.91. The largest absolute Gasteiger partial charge is 0.394 e. The molecule has 0 heterocycles. The van der Waals surface area contributed by atoms with E-state index in [0.29, 0.717) is 12.1 Å². The van der Waals surface area contributed by atoms with Gasteiger partial charge in [-0.15, -0.1) is 0 Å². The van der Waals surface area contributed by atoms with Gasteiger partial charge < -0.3 is 10.4 Å². The molecular weight excluding hydrogens is 232 g/mol. The van der Waals surface area contributed by atoms with Gasteiger partial charge in [0.05, 0.1) is 11.5 Å². The molecule has 5 nitrogen and oxygen atoms in total. The summed E-state index contributed by atoms with van der Waals surface area (Å²) in [5.74, 6) is 0. The van der Waals surface area contributed by atoms with Gasteiger partial charge in [0.25, 0.3) is 5.69 Å². The highest BCUT2D eigenvalue weighted by atomic mass is 16.6. The van der Waals surface area contributed by atoms with Crippen LogP contribution in [0, 0.1) is 17.0 Å². The van der Waals surface area contributed by atoms with Gasteiger partial charge >= 0.3 is 0 Å². The van der Waals surface area contributed by atoms with E-state index in [0.717, 1.165) is 24.8 Å². The summed E-state index contributed by atoms with van der Waals surface area (Å²) in [7, 11) is 0. The zero-order chi connectivity index (χ0) is 13.2. The molecule has 1 aromatic carbocycles. The lowest BCUT2D eigenvalue weighted by molar-refractivity contribution is -0.385. The second-order valence-electron chi connectivity index (χ2n) is 4.96. The Balaban J connectivity index is 2.10. The molecule has 1 aliphatic carbocycles. The monoisotopic (exact) mass is 250 g/mol. The van der Waals surface area contributed by atoms with Gasteiger partial charge in [0.1, 0.15) is 0 Å². The molecule has 0 amide bonds. The van der Waals surface area contributed by atoms with E-state index < -0.39 is 0 Å². The van der Waals surface area contributed by atoms with E-state index in [4.69, 9.17) is 0 Å². The predicted molar refractivity (Wildman–Crippen MR) is 68.3 cm³/mol. The number of aliphatic hydroxyl groups is 1. The van der Waals surface area contributed by atoms with Gasteiger partial charge in [0.2, 0.25) is 0 Å². The first-order valence-electron chi connectivity index (χ1n) is 6.17. The number of nitrogens with zero attached hydrogens (tertiary/aromatic N) is 1. The number of nitro benzene ring substituents is 1. The highest BCUT2D eigenvalue weighted by molar-refractivity contribution is 5.44. The standard InChI is InChI=1S/C13H18N2O3/c1-10-11(4-2-5-12(10)15(17)18)8-14-13(9-16)6-3-7-13/h2,4-5,14,16H,3,6-9H2,1H3. The van der Waals surface area contributed by atoms with Crippen molar-refractivity contribution in [3.8, 4) is 0 Å². The lowest BCUT2D eigenvalue weighted by Gasteiger charge is -2.41. The summed E-state index contributed by atoms with van der Waals surface area (Å²) in [6.07, 6.45) is 3.07. The molecule has 0 aliphatic heterocycles. The molecule has 0 aromatic heterocycles. The van der Waals surface area contributed by atoms with Crippen molar-refractivity contribution in [2.75, 3.05) is 6.61 Å². The first-order chi connectivity index (χ1) is 8.58. The molecule has 18 heavy (non-hydrogen) atoms. The van der Waals surface area contributed by atoms with Crippen LogP contribution in [-0.4, -0.2) is 22.2 Å². The van der Waals surface area contributed by atoms with E-state index in [1.54, 1.807) is 13.0 Å². The molecular formula is C13H18N2O3. The van der Waals surface area contributed by atoms with Crippen molar-refractivity contribution in [2.45, 2.75) is 38.3 Å². The Morgan fingerprint density at radius 3 is 2.72 bits per heavy atom. The van der Waals surface area contributed by atoms with Gasteiger partial charge in [-0.3, -0.25) is 10.1 Å². The average molecular weight is 250 g/mol. The third-order valence-electron chi connectivity index (χ3n) is 3.88. The van der Waals surface area contributed by atoms with Gasteiger partial charge in [0.15, 0.2) is 0 Å². The third-order valence-corrected chi connectivity index (χ3v) is 3.88. The smallest absolute Gasteiger partial charge is 0.272 e. The minimum Gasteiger partial charge on any atom is -0.394 e. The van der Waals surface area contributed by atoms with Crippen molar-refractivity contribution in [3.63, 3.8) is 0 Å². The Morgan fingerprint density at radius 2 is 2.22 bits per heavy atom. The highest BCUT2D eigenvalue weighted by Crippen LogP contribution is 2.32. The Hall–Kier alpha value is -1.46. The molecule has 5 heteroatoms. The van der Waals surface area contributed by atoms with E-state index in [-0.39, 0.29) is 22.8 Å². The Morgan fingerprint density at radius 1 is 1.50 bits per heavy atom. The Kier molecular flexibility index (Phi) is 3.63. The van der Waals surface area contributed by atoms with Gasteiger partial charge in [0, 0.05) is 23.7 Å². The number of benzene rings is 1. The van der Waals surface area contributed by atoms with Crippen LogP contribution in [0.4, 0.5) is 5.69 Å². The van der Waals surface area contributed by atoms with E-state index in [9.17, 15) is 15.2 Å². The quantitative estimate of drug-likeness (QED) is 0.618. The van der Waals surface area contributed by atoms with Crippen LogP contribution in [0.1, 0.15) is 30.4 Å². The Bertz CT molecular complexity index is 450. The van der Waals surface area contributed by atoms with Crippen LogP contribution in [0.25, 0.3) is 0 Å². The summed E-state index contributed by atoms with van der Waals surface area (Å²) in [5.41, 5.74) is 1.60. The molecule has 2 N–H and O–H groups in total. The molecule has 2 rings (SSSR count). The van der Waals surface area contributed by atoms with E-state index >= 15 is 0 Å². The average Bonchev–Trinajstić information content (AvgIpc) is 2.29. The minimum absolute atomic E-state index is 0.126. The maximum absolute atomic E-state index is 10.8. The zero-order valence-electron chi connectivity index (χ0n) is 10.5. The van der Waals surface area contributed by atoms with Crippen LogP contribution in [0.2, 0.25) is 0 Å². The minimum atomic E-state index is -0.357. The SMILES string of the molecule is Cc1c(CNC2(CO)CCC2)cccc1[N+](=O)[O-]. The molecule has 0 radical (unpaired) electrons. The van der Waals surface area contributed by atoms with Crippen molar-refractivity contribution in [2.24, 2.45) is 0 Å². The summed E-state index contributed by atoms with van der Waals surface area (Å²) in [6.45, 7) is 2.45. The number of nitro groups is 1. The van der Waals surface area contributed by atoms with E-state index in [1.165, 1.54) is 6.07 Å². The fourth-order valence-corrected chi connectivity index (χ4v) is 2.34. The molecule has 1 fully saturated rings. The maximum Gasteiger partial charge on any atom is 0.272 e. The number of rotatable bonds is 5. The highest BCUT2D eigenvalue weighted by Gasteiger charge is 2.35. The van der Waals surface area contributed by atoms with Crippen LogP contribution in [0.3, 0.4) is 0 Å². The maximum atomic E-state index is 10.8. The molecule has 0 bridgehead atoms. The van der Waals surface area contributed by atoms with Crippen LogP contribution < -0.4 is 5.32 Å². The summed E-state index contributed by atoms with van der Waals surface area (Å²) in [4.78, 5) is 10.5. The van der Waals surface area contributed by atoms with Gasteiger partial charge in [-0.25, -0.2) is 0 Å². The van der Waals surface area contributed by atoms with Gasteiger partial charge in [-0.1, -0.05) is 12.1 Å². The Labute approximate surface area is 106 Å². The van der Waals surface area contributed by atoms with Crippen molar-refractivity contribution in [1.29, 1.82) is 0 Å². The molecule has 0 spiro atoms. The number of hydrogen-bond acceptors (Lipinski definition) is 4. The lowest BCUT2D eigenvalue weighted by atomic mass is 9.77. The fraction of sp³-hybridized carbons (Fsp3) is 0.538. The fourth-order valence-electron chi connectivity index (χ4n) is 2.34. The van der Waals surface area contributed by atoms with Crippen LogP contribution in [0.5, 0.6) is 0 Å². The molecule has 0 atom stereocenters. The molecule has 1 saturated carbocycles. The zero-order valence-corrected chi connectivity index (χ0v) is 10.5. The van der Waals surface area contributed by atoms with Crippen molar-refractivity contribution < 1.29 is 10.0 Å². The van der Waals surface area contributed by atoms with Crippen LogP contribution in [-0.2, 0) is 6.54 Å². The number of hydrogen-bond donors (Lipinski definition) is 2. The summed E-state index contributed by atoms with van der Waals surface area (Å²) in [5, 5.41) is 23.5. The lowest BCUT2D eigenvalue weighted by Crippen LogP contribution is -2.53. The van der Waals surface area contributed by atoms with Crippen molar-refractivity contribution in [1.82, 2.24) is 5.32 Å². The first kappa shape index (κ1) is 13.0. The second-order valence-corrected chi connectivity index (χ2v) is 4.96. The second kappa shape index (κ2) is 5.04. The molecule has 98 valence electrons. The summed E-state index contributed by atoms with van der Waals surface area (Å²) in [6, 6.07) is 5.11. The summed E-state index contributed by atoms with van der Waals surface area (Å²) >= 11 is 0. The van der Waals surface area contributed by atoms with Crippen LogP contribution in [0.15, 0.2) is 18.2 Å². The molecule has 1 aromatic rings. The van der Waals surface area contributed by atoms with E-state index in [1.807, 2.05) is 6.07 Å². The van der Waals surface area contributed by atoms with Gasteiger partial charge in [-0.05, 0) is 31.7 Å².